The first kappa shape index (κ1) is 15.8. The Morgan fingerprint density at radius 2 is 1.96 bits per heavy atom. The number of pyridine rings is 1. The Balaban J connectivity index is 1.50. The molecule has 0 unspecified atom stereocenters. The molecule has 1 fully saturated rings. The molecular formula is C19H23N6+. The zero-order valence-electron chi connectivity index (χ0n) is 14.4. The van der Waals surface area contributed by atoms with E-state index in [-0.39, 0.29) is 0 Å². The zero-order valence-corrected chi connectivity index (χ0v) is 14.4. The Morgan fingerprint density at radius 3 is 2.72 bits per heavy atom. The second-order valence-corrected chi connectivity index (χ2v) is 6.54. The molecule has 1 aromatic carbocycles. The minimum atomic E-state index is 0.616. The largest absolute Gasteiger partial charge is 0.354 e. The maximum atomic E-state index is 8.40. The maximum absolute atomic E-state index is 8.40. The van der Waals surface area contributed by atoms with Crippen LogP contribution in [-0.4, -0.2) is 46.7 Å². The summed E-state index contributed by atoms with van der Waals surface area (Å²) in [4.78, 5) is 2.13. The van der Waals surface area contributed by atoms with E-state index >= 15 is 0 Å². The third-order valence-corrected chi connectivity index (χ3v) is 4.71. The van der Waals surface area contributed by atoms with Crippen molar-refractivity contribution >= 4 is 16.7 Å². The van der Waals surface area contributed by atoms with Crippen LogP contribution in [0.5, 0.6) is 0 Å². The summed E-state index contributed by atoms with van der Waals surface area (Å²) in [6.07, 6.45) is 6.03. The number of aromatic nitrogens is 3. The third kappa shape index (κ3) is 3.25. The molecular weight excluding hydrogens is 312 g/mol. The molecule has 128 valence electrons. The van der Waals surface area contributed by atoms with Gasteiger partial charge in [-0.2, -0.15) is 5.10 Å². The molecule has 6 heteroatoms. The SMILES string of the molecule is C[n+]1ccc2c(cnn2Cc2ccc(C(=N)N3CCNCC3)cc2)c1. The fourth-order valence-electron chi connectivity index (χ4n) is 3.28. The number of piperazine rings is 1. The van der Waals surface area contributed by atoms with Crippen molar-refractivity contribution in [2.45, 2.75) is 6.54 Å². The van der Waals surface area contributed by atoms with Crippen molar-refractivity contribution in [1.82, 2.24) is 20.0 Å². The van der Waals surface area contributed by atoms with E-state index in [0.29, 0.717) is 5.84 Å². The van der Waals surface area contributed by atoms with E-state index < -0.39 is 0 Å². The van der Waals surface area contributed by atoms with Gasteiger partial charge in [0.2, 0.25) is 0 Å². The summed E-state index contributed by atoms with van der Waals surface area (Å²) in [5, 5.41) is 17.4. The van der Waals surface area contributed by atoms with Gasteiger partial charge in [-0.25, -0.2) is 4.57 Å². The first-order valence-electron chi connectivity index (χ1n) is 8.65. The number of hydrogen-bond donors (Lipinski definition) is 2. The fourth-order valence-corrected chi connectivity index (χ4v) is 3.28. The van der Waals surface area contributed by atoms with Gasteiger partial charge in [0.1, 0.15) is 12.9 Å². The van der Waals surface area contributed by atoms with Gasteiger partial charge in [-0.15, -0.1) is 0 Å². The van der Waals surface area contributed by atoms with E-state index in [9.17, 15) is 0 Å². The number of nitrogens with zero attached hydrogens (tertiary/aromatic N) is 4. The van der Waals surface area contributed by atoms with Crippen molar-refractivity contribution in [3.8, 4) is 0 Å². The van der Waals surface area contributed by atoms with Crippen LogP contribution in [0.1, 0.15) is 11.1 Å². The Labute approximate surface area is 147 Å². The molecule has 0 radical (unpaired) electrons. The molecule has 0 atom stereocenters. The van der Waals surface area contributed by atoms with Gasteiger partial charge in [0.05, 0.1) is 23.6 Å². The average molecular weight is 335 g/mol. The minimum Gasteiger partial charge on any atom is -0.354 e. The molecule has 1 aliphatic rings. The smallest absolute Gasteiger partial charge is 0.179 e. The van der Waals surface area contributed by atoms with Crippen LogP contribution in [0.15, 0.2) is 48.9 Å². The summed E-state index contributed by atoms with van der Waals surface area (Å²) in [6.45, 7) is 4.43. The number of fused-ring (bicyclic) bond motifs is 1. The fraction of sp³-hybridized carbons (Fsp3) is 0.316. The van der Waals surface area contributed by atoms with Crippen LogP contribution in [0, 0.1) is 5.41 Å². The maximum Gasteiger partial charge on any atom is 0.179 e. The number of rotatable bonds is 3. The van der Waals surface area contributed by atoms with Crippen LogP contribution in [-0.2, 0) is 13.6 Å². The number of nitrogens with one attached hydrogen (secondary N) is 2. The lowest BCUT2D eigenvalue weighted by atomic mass is 10.1. The predicted octanol–water partition coefficient (Wildman–Crippen LogP) is 1.14. The van der Waals surface area contributed by atoms with Crippen molar-refractivity contribution in [1.29, 1.82) is 5.41 Å². The van der Waals surface area contributed by atoms with Crippen LogP contribution < -0.4 is 9.88 Å². The van der Waals surface area contributed by atoms with Crippen LogP contribution in [0.2, 0.25) is 0 Å². The van der Waals surface area contributed by atoms with Gasteiger partial charge in [0.15, 0.2) is 12.4 Å². The molecule has 0 amide bonds. The van der Waals surface area contributed by atoms with Gasteiger partial charge >= 0.3 is 0 Å². The topological polar surface area (TPSA) is 60.8 Å². The molecule has 3 aromatic rings. The summed E-state index contributed by atoms with van der Waals surface area (Å²) >= 11 is 0. The molecule has 2 aromatic heterocycles. The van der Waals surface area contributed by atoms with Crippen LogP contribution in [0.25, 0.3) is 10.9 Å². The van der Waals surface area contributed by atoms with E-state index in [1.807, 2.05) is 40.8 Å². The number of hydrogen-bond acceptors (Lipinski definition) is 3. The van der Waals surface area contributed by atoms with Crippen LogP contribution in [0.3, 0.4) is 0 Å². The third-order valence-electron chi connectivity index (χ3n) is 4.71. The molecule has 25 heavy (non-hydrogen) atoms. The molecule has 1 aliphatic heterocycles. The summed E-state index contributed by atoms with van der Waals surface area (Å²) in [5.41, 5.74) is 3.30. The lowest BCUT2D eigenvalue weighted by Crippen LogP contribution is -2.46. The number of aryl methyl sites for hydroxylation is 1. The number of benzene rings is 1. The van der Waals surface area contributed by atoms with Gasteiger partial charge < -0.3 is 10.2 Å². The average Bonchev–Trinajstić information content (AvgIpc) is 3.04. The predicted molar refractivity (Wildman–Crippen MR) is 97.7 cm³/mol. The Bertz CT molecular complexity index is 890. The zero-order chi connectivity index (χ0) is 17.2. The summed E-state index contributed by atoms with van der Waals surface area (Å²) in [5.74, 6) is 0.616. The molecule has 6 nitrogen and oxygen atoms in total. The van der Waals surface area contributed by atoms with E-state index in [2.05, 4.69) is 39.7 Å². The van der Waals surface area contributed by atoms with Crippen LogP contribution >= 0.6 is 0 Å². The molecule has 1 saturated heterocycles. The second-order valence-electron chi connectivity index (χ2n) is 6.54. The minimum absolute atomic E-state index is 0.616. The van der Waals surface area contributed by atoms with Crippen molar-refractivity contribution in [3.05, 3.63) is 60.0 Å². The normalized spacial score (nSPS) is 14.8. The first-order chi connectivity index (χ1) is 12.2. The molecule has 4 rings (SSSR count). The van der Waals surface area contributed by atoms with Crippen molar-refractivity contribution in [2.75, 3.05) is 26.2 Å². The van der Waals surface area contributed by atoms with E-state index in [1.165, 1.54) is 5.56 Å². The Kier molecular flexibility index (Phi) is 4.19. The Morgan fingerprint density at radius 1 is 1.20 bits per heavy atom. The van der Waals surface area contributed by atoms with Gasteiger partial charge in [0.25, 0.3) is 0 Å². The molecule has 0 spiro atoms. The second kappa shape index (κ2) is 6.64. The van der Waals surface area contributed by atoms with Crippen molar-refractivity contribution in [2.24, 2.45) is 7.05 Å². The van der Waals surface area contributed by atoms with E-state index in [1.54, 1.807) is 0 Å². The highest BCUT2D eigenvalue weighted by atomic mass is 15.3. The lowest BCUT2D eigenvalue weighted by molar-refractivity contribution is -0.670. The molecule has 0 saturated carbocycles. The van der Waals surface area contributed by atoms with Gasteiger partial charge in [-0.1, -0.05) is 24.3 Å². The molecule has 0 aliphatic carbocycles. The molecule has 2 N–H and O–H groups in total. The van der Waals surface area contributed by atoms with Crippen molar-refractivity contribution < 1.29 is 4.57 Å². The van der Waals surface area contributed by atoms with Gasteiger partial charge in [0, 0.05) is 37.8 Å². The summed E-state index contributed by atoms with van der Waals surface area (Å²) in [6, 6.07) is 10.4. The highest BCUT2D eigenvalue weighted by Gasteiger charge is 2.14. The summed E-state index contributed by atoms with van der Waals surface area (Å²) < 4.78 is 4.05. The van der Waals surface area contributed by atoms with Gasteiger partial charge in [-0.05, 0) is 5.56 Å². The first-order valence-corrected chi connectivity index (χ1v) is 8.65. The van der Waals surface area contributed by atoms with E-state index in [4.69, 9.17) is 5.41 Å². The van der Waals surface area contributed by atoms with Gasteiger partial charge in [-0.3, -0.25) is 10.1 Å². The number of amidine groups is 1. The highest BCUT2D eigenvalue weighted by Crippen LogP contribution is 2.14. The highest BCUT2D eigenvalue weighted by molar-refractivity contribution is 5.96. The lowest BCUT2D eigenvalue weighted by Gasteiger charge is -2.29. The Hall–Kier alpha value is -2.73. The van der Waals surface area contributed by atoms with Crippen LogP contribution in [0.4, 0.5) is 0 Å². The summed E-state index contributed by atoms with van der Waals surface area (Å²) in [7, 11) is 2.02. The standard InChI is InChI=1S/C19H23N6/c1-23-9-6-18-17(14-23)12-22-25(18)13-15-2-4-16(5-3-15)19(20)24-10-7-21-8-11-24/h2-6,9,12,14,20-21H,7-8,10-11,13H2,1H3/q+1. The van der Waals surface area contributed by atoms with E-state index in [0.717, 1.165) is 49.2 Å². The monoisotopic (exact) mass is 335 g/mol. The quantitative estimate of drug-likeness (QED) is 0.429. The van der Waals surface area contributed by atoms with Crippen molar-refractivity contribution in [3.63, 3.8) is 0 Å². The molecule has 3 heterocycles. The molecule has 0 bridgehead atoms.